The summed E-state index contributed by atoms with van der Waals surface area (Å²) in [7, 11) is -1.50. The highest BCUT2D eigenvalue weighted by atomic mass is 32.2. The Morgan fingerprint density at radius 3 is 2.61 bits per heavy atom. The van der Waals surface area contributed by atoms with Crippen molar-refractivity contribution in [2.45, 2.75) is 11.5 Å². The lowest BCUT2D eigenvalue weighted by molar-refractivity contribution is 0.135. The summed E-state index contributed by atoms with van der Waals surface area (Å²) in [6, 6.07) is 1.50. The molecule has 2 rings (SSSR count). The molecule has 0 atom stereocenters. The lowest BCUT2D eigenvalue weighted by atomic mass is 10.4. The fourth-order valence-electron chi connectivity index (χ4n) is 1.70. The van der Waals surface area contributed by atoms with Crippen molar-refractivity contribution in [1.82, 2.24) is 14.7 Å². The number of hydrogen-bond acceptors (Lipinski definition) is 6. The number of likely N-dealkylation sites (N-methyl/N-ethyl adjacent to an activating group) is 1. The van der Waals surface area contributed by atoms with E-state index in [4.69, 9.17) is 5.11 Å². The molecule has 18 heavy (non-hydrogen) atoms. The minimum atomic E-state index is -3.51. The highest BCUT2D eigenvalue weighted by Crippen LogP contribution is 2.19. The minimum absolute atomic E-state index is 0.130. The van der Waals surface area contributed by atoms with Gasteiger partial charge in [-0.25, -0.2) is 13.4 Å². The van der Waals surface area contributed by atoms with E-state index >= 15 is 0 Å². The van der Waals surface area contributed by atoms with Crippen molar-refractivity contribution in [3.63, 3.8) is 0 Å². The molecule has 2 N–H and O–H groups in total. The van der Waals surface area contributed by atoms with Crippen LogP contribution in [0.4, 0.5) is 0 Å². The van der Waals surface area contributed by atoms with Gasteiger partial charge in [-0.2, -0.15) is 0 Å². The zero-order valence-corrected chi connectivity index (χ0v) is 11.8. The first-order valence-corrected chi connectivity index (χ1v) is 8.02. The highest BCUT2D eigenvalue weighted by molar-refractivity contribution is 7.89. The van der Waals surface area contributed by atoms with Gasteiger partial charge in [-0.1, -0.05) is 0 Å². The Balaban J connectivity index is 2.03. The summed E-state index contributed by atoms with van der Waals surface area (Å²) in [4.78, 5) is 5.59. The van der Waals surface area contributed by atoms with Crippen LogP contribution in [0.3, 0.4) is 0 Å². The lowest BCUT2D eigenvalue weighted by Crippen LogP contribution is -2.52. The fraction of sp³-hybridized carbons (Fsp3) is 0.600. The quantitative estimate of drug-likeness (QED) is 0.795. The second-order valence-electron chi connectivity index (χ2n) is 4.29. The van der Waals surface area contributed by atoms with Gasteiger partial charge >= 0.3 is 0 Å². The predicted molar refractivity (Wildman–Crippen MR) is 69.6 cm³/mol. The molecule has 0 aromatic carbocycles. The van der Waals surface area contributed by atoms with Crippen LogP contribution in [0.15, 0.2) is 16.3 Å². The van der Waals surface area contributed by atoms with Crippen molar-refractivity contribution in [3.05, 3.63) is 16.3 Å². The zero-order valence-electron chi connectivity index (χ0n) is 10.2. The molecule has 1 aliphatic heterocycles. The van der Waals surface area contributed by atoms with E-state index in [-0.39, 0.29) is 11.5 Å². The Morgan fingerprint density at radius 2 is 2.06 bits per heavy atom. The third-order valence-corrected chi connectivity index (χ3v) is 5.27. The average Bonchev–Trinajstić information content (AvgIpc) is 2.81. The summed E-state index contributed by atoms with van der Waals surface area (Å²) in [6.45, 7) is 2.90. The molecule has 8 heteroatoms. The molecule has 0 unspecified atom stereocenters. The zero-order chi connectivity index (χ0) is 13.2. The van der Waals surface area contributed by atoms with Gasteiger partial charge in [-0.15, -0.1) is 16.2 Å². The minimum Gasteiger partial charge on any atom is -0.391 e. The number of hydrogen-bond donors (Lipinski definition) is 2. The van der Waals surface area contributed by atoms with Crippen LogP contribution < -0.4 is 4.83 Å². The molecule has 1 aliphatic rings. The van der Waals surface area contributed by atoms with Gasteiger partial charge in [-0.05, 0) is 13.1 Å². The molecule has 0 aliphatic carbocycles. The molecule has 102 valence electrons. The number of hydrazine groups is 1. The summed E-state index contributed by atoms with van der Waals surface area (Å²) in [5, 5.41) is 12.2. The van der Waals surface area contributed by atoms with Gasteiger partial charge in [-0.3, -0.25) is 0 Å². The second-order valence-corrected chi connectivity index (χ2v) is 6.95. The summed E-state index contributed by atoms with van der Waals surface area (Å²) >= 11 is 1.24. The topological polar surface area (TPSA) is 72.9 Å². The van der Waals surface area contributed by atoms with E-state index in [2.05, 4.69) is 9.73 Å². The molecule has 0 amide bonds. The Kier molecular flexibility index (Phi) is 4.36. The van der Waals surface area contributed by atoms with Crippen molar-refractivity contribution >= 4 is 21.4 Å². The molecule has 1 fully saturated rings. The van der Waals surface area contributed by atoms with Crippen molar-refractivity contribution in [2.75, 3.05) is 33.2 Å². The van der Waals surface area contributed by atoms with Crippen LogP contribution in [-0.2, 0) is 16.6 Å². The van der Waals surface area contributed by atoms with Gasteiger partial charge < -0.3 is 10.0 Å². The van der Waals surface area contributed by atoms with Gasteiger partial charge in [0.15, 0.2) is 0 Å². The van der Waals surface area contributed by atoms with E-state index < -0.39 is 10.0 Å². The number of thiophene rings is 1. The van der Waals surface area contributed by atoms with E-state index in [0.29, 0.717) is 18.0 Å². The fourth-order valence-corrected chi connectivity index (χ4v) is 3.96. The van der Waals surface area contributed by atoms with Crippen molar-refractivity contribution in [2.24, 2.45) is 0 Å². The third-order valence-electron chi connectivity index (χ3n) is 2.85. The average molecular weight is 291 g/mol. The van der Waals surface area contributed by atoms with Gasteiger partial charge in [0, 0.05) is 36.4 Å². The first-order valence-electron chi connectivity index (χ1n) is 5.65. The Morgan fingerprint density at radius 1 is 1.39 bits per heavy atom. The van der Waals surface area contributed by atoms with Crippen molar-refractivity contribution in [1.29, 1.82) is 0 Å². The maximum Gasteiger partial charge on any atom is 0.254 e. The van der Waals surface area contributed by atoms with E-state index in [0.717, 1.165) is 13.1 Å². The number of aliphatic hydroxyl groups is 1. The molecule has 0 spiro atoms. The van der Waals surface area contributed by atoms with Crippen LogP contribution in [0.25, 0.3) is 0 Å². The maximum atomic E-state index is 12.1. The summed E-state index contributed by atoms with van der Waals surface area (Å²) in [6.07, 6.45) is 0. The Bertz CT molecular complexity index is 492. The monoisotopic (exact) mass is 291 g/mol. The molecular formula is C10H17N3O3S2. The van der Waals surface area contributed by atoms with Crippen LogP contribution in [0.2, 0.25) is 0 Å². The van der Waals surface area contributed by atoms with Crippen LogP contribution in [0.1, 0.15) is 4.88 Å². The molecule has 2 heterocycles. The smallest absolute Gasteiger partial charge is 0.254 e. The molecule has 1 saturated heterocycles. The second kappa shape index (κ2) is 5.64. The molecule has 0 saturated carbocycles. The van der Waals surface area contributed by atoms with Gasteiger partial charge in [0.2, 0.25) is 0 Å². The Labute approximate surface area is 111 Å². The number of nitrogens with zero attached hydrogens (tertiary/aromatic N) is 2. The normalized spacial score (nSPS) is 19.2. The van der Waals surface area contributed by atoms with Gasteiger partial charge in [0.05, 0.1) is 11.5 Å². The van der Waals surface area contributed by atoms with E-state index in [1.807, 2.05) is 7.05 Å². The first kappa shape index (κ1) is 13.9. The summed E-state index contributed by atoms with van der Waals surface area (Å²) in [5.41, 5.74) is 0. The van der Waals surface area contributed by atoms with E-state index in [1.54, 1.807) is 10.4 Å². The van der Waals surface area contributed by atoms with E-state index in [1.165, 1.54) is 17.4 Å². The third kappa shape index (κ3) is 3.28. The first-order chi connectivity index (χ1) is 8.51. The molecule has 1 aromatic heterocycles. The molecule has 1 aromatic rings. The van der Waals surface area contributed by atoms with Crippen LogP contribution in [0, 0.1) is 0 Å². The number of piperazine rings is 1. The molecule has 0 bridgehead atoms. The van der Waals surface area contributed by atoms with Crippen molar-refractivity contribution < 1.29 is 13.5 Å². The molecular weight excluding hydrogens is 274 g/mol. The highest BCUT2D eigenvalue weighted by Gasteiger charge is 2.22. The van der Waals surface area contributed by atoms with Crippen LogP contribution in [0.5, 0.6) is 0 Å². The van der Waals surface area contributed by atoms with Gasteiger partial charge in [0.1, 0.15) is 0 Å². The van der Waals surface area contributed by atoms with Crippen molar-refractivity contribution in [3.8, 4) is 0 Å². The standard InChI is InChI=1S/C10H17N3O3S2/c1-12-2-4-13(5-3-12)11-18(15,16)10-6-9(7-14)17-8-10/h6,8,11,14H,2-5,7H2,1H3. The maximum absolute atomic E-state index is 12.1. The number of nitrogens with one attached hydrogen (secondary N) is 1. The Hall–Kier alpha value is -0.510. The van der Waals surface area contributed by atoms with Gasteiger partial charge in [0.25, 0.3) is 10.0 Å². The number of rotatable bonds is 4. The van der Waals surface area contributed by atoms with Crippen LogP contribution >= 0.6 is 11.3 Å². The SMILES string of the molecule is CN1CCN(NS(=O)(=O)c2csc(CO)c2)CC1. The molecule has 6 nitrogen and oxygen atoms in total. The number of aliphatic hydroxyl groups excluding tert-OH is 1. The summed E-state index contributed by atoms with van der Waals surface area (Å²) < 4.78 is 24.1. The lowest BCUT2D eigenvalue weighted by Gasteiger charge is -2.31. The van der Waals surface area contributed by atoms with Crippen LogP contribution in [-0.4, -0.2) is 56.7 Å². The summed E-state index contributed by atoms with van der Waals surface area (Å²) in [5.74, 6) is 0. The molecule has 0 radical (unpaired) electrons. The van der Waals surface area contributed by atoms with E-state index in [9.17, 15) is 8.42 Å². The predicted octanol–water partition coefficient (Wildman–Crippen LogP) is -0.319. The number of sulfonamides is 1. The largest absolute Gasteiger partial charge is 0.391 e.